The molecule has 0 aliphatic carbocycles. The van der Waals surface area contributed by atoms with Gasteiger partial charge in [-0.25, -0.2) is 4.79 Å². The van der Waals surface area contributed by atoms with Gasteiger partial charge in [0.2, 0.25) is 5.91 Å². The Morgan fingerprint density at radius 2 is 1.76 bits per heavy atom. The average Bonchev–Trinajstić information content (AvgIpc) is 2.47. The van der Waals surface area contributed by atoms with Crippen molar-refractivity contribution in [1.29, 1.82) is 0 Å². The quantitative estimate of drug-likeness (QED) is 0.703. The van der Waals surface area contributed by atoms with Crippen molar-refractivity contribution >= 4 is 17.8 Å². The molecule has 0 aliphatic heterocycles. The number of aliphatic carboxylic acids is 1. The summed E-state index contributed by atoms with van der Waals surface area (Å²) in [6, 6.07) is 6.77. The number of nitrogens with one attached hydrogen (secondary N) is 2. The van der Waals surface area contributed by atoms with Gasteiger partial charge in [0.25, 0.3) is 5.91 Å². The first-order valence-electron chi connectivity index (χ1n) is 6.84. The predicted molar refractivity (Wildman–Crippen MR) is 77.8 cm³/mol. The number of amides is 2. The molecule has 1 aromatic carbocycles. The Hall–Kier alpha value is -2.37. The van der Waals surface area contributed by atoms with E-state index in [1.807, 2.05) is 6.92 Å². The molecule has 0 saturated heterocycles. The first kappa shape index (κ1) is 16.7. The highest BCUT2D eigenvalue weighted by atomic mass is 16.4. The van der Waals surface area contributed by atoms with Gasteiger partial charge < -0.3 is 15.7 Å². The second-order valence-corrected chi connectivity index (χ2v) is 4.75. The van der Waals surface area contributed by atoms with E-state index in [-0.39, 0.29) is 5.91 Å². The normalized spacial score (nSPS) is 13.0. The molecular formula is C15H20N2O4. The van der Waals surface area contributed by atoms with E-state index in [0.717, 1.165) is 0 Å². The van der Waals surface area contributed by atoms with Gasteiger partial charge in [0.05, 0.1) is 0 Å². The van der Waals surface area contributed by atoms with Crippen LogP contribution in [0.4, 0.5) is 0 Å². The van der Waals surface area contributed by atoms with Crippen molar-refractivity contribution in [3.63, 3.8) is 0 Å². The summed E-state index contributed by atoms with van der Waals surface area (Å²) in [4.78, 5) is 34.8. The van der Waals surface area contributed by atoms with Crippen LogP contribution in [0.2, 0.25) is 0 Å². The molecular weight excluding hydrogens is 272 g/mol. The fraction of sp³-hybridized carbons (Fsp3) is 0.400. The third-order valence-corrected chi connectivity index (χ3v) is 2.97. The summed E-state index contributed by atoms with van der Waals surface area (Å²) in [5.74, 6) is -1.97. The highest BCUT2D eigenvalue weighted by Crippen LogP contribution is 2.00. The zero-order chi connectivity index (χ0) is 15.8. The molecule has 3 N–H and O–H groups in total. The summed E-state index contributed by atoms with van der Waals surface area (Å²) in [6.45, 7) is 3.35. The number of carbonyl (C=O) groups is 3. The van der Waals surface area contributed by atoms with E-state index in [2.05, 4.69) is 10.6 Å². The maximum atomic E-state index is 11.9. The molecule has 2 amide bonds. The molecule has 0 saturated carbocycles. The minimum atomic E-state index is -1.08. The SMILES string of the molecule is CCC[C@H](NC(=O)C(C)NC(=O)c1ccccc1)C(=O)O. The maximum absolute atomic E-state index is 11.9. The third kappa shape index (κ3) is 5.25. The molecule has 21 heavy (non-hydrogen) atoms. The Kier molecular flexibility index (Phi) is 6.39. The Balaban J connectivity index is 2.58. The molecule has 0 radical (unpaired) electrons. The van der Waals surface area contributed by atoms with E-state index in [1.54, 1.807) is 30.3 Å². The van der Waals surface area contributed by atoms with E-state index >= 15 is 0 Å². The van der Waals surface area contributed by atoms with Crippen molar-refractivity contribution in [1.82, 2.24) is 10.6 Å². The fourth-order valence-electron chi connectivity index (χ4n) is 1.78. The first-order chi connectivity index (χ1) is 9.95. The zero-order valence-corrected chi connectivity index (χ0v) is 12.1. The highest BCUT2D eigenvalue weighted by Gasteiger charge is 2.23. The lowest BCUT2D eigenvalue weighted by molar-refractivity contribution is -0.142. The average molecular weight is 292 g/mol. The van der Waals surface area contributed by atoms with Crippen molar-refractivity contribution in [3.8, 4) is 0 Å². The van der Waals surface area contributed by atoms with Crippen LogP contribution >= 0.6 is 0 Å². The summed E-state index contributed by atoms with van der Waals surface area (Å²) in [5.41, 5.74) is 0.445. The summed E-state index contributed by atoms with van der Waals surface area (Å²) in [7, 11) is 0. The second-order valence-electron chi connectivity index (χ2n) is 4.75. The summed E-state index contributed by atoms with van der Waals surface area (Å²) < 4.78 is 0. The number of carboxylic acid groups (broad SMARTS) is 1. The Labute approximate surface area is 123 Å². The van der Waals surface area contributed by atoms with E-state index < -0.39 is 24.0 Å². The Bertz CT molecular complexity index is 502. The number of carboxylic acids is 1. The summed E-state index contributed by atoms with van der Waals surface area (Å²) in [5, 5.41) is 14.0. The van der Waals surface area contributed by atoms with Gasteiger partial charge in [-0.3, -0.25) is 9.59 Å². The van der Waals surface area contributed by atoms with Gasteiger partial charge in [-0.15, -0.1) is 0 Å². The predicted octanol–water partition coefficient (Wildman–Crippen LogP) is 1.17. The number of hydrogen-bond acceptors (Lipinski definition) is 3. The summed E-state index contributed by atoms with van der Waals surface area (Å²) >= 11 is 0. The lowest BCUT2D eigenvalue weighted by Crippen LogP contribution is -2.50. The third-order valence-electron chi connectivity index (χ3n) is 2.97. The van der Waals surface area contributed by atoms with Gasteiger partial charge in [0.15, 0.2) is 0 Å². The van der Waals surface area contributed by atoms with Crippen LogP contribution in [0.25, 0.3) is 0 Å². The van der Waals surface area contributed by atoms with E-state index in [0.29, 0.717) is 18.4 Å². The molecule has 1 rings (SSSR count). The van der Waals surface area contributed by atoms with E-state index in [1.165, 1.54) is 6.92 Å². The van der Waals surface area contributed by atoms with Crippen molar-refractivity contribution in [2.45, 2.75) is 38.8 Å². The van der Waals surface area contributed by atoms with Gasteiger partial charge in [-0.1, -0.05) is 31.5 Å². The lowest BCUT2D eigenvalue weighted by Gasteiger charge is -2.18. The topological polar surface area (TPSA) is 95.5 Å². The number of benzene rings is 1. The van der Waals surface area contributed by atoms with Gasteiger partial charge in [0, 0.05) is 5.56 Å². The number of hydrogen-bond donors (Lipinski definition) is 3. The van der Waals surface area contributed by atoms with Gasteiger partial charge >= 0.3 is 5.97 Å². The summed E-state index contributed by atoms with van der Waals surface area (Å²) in [6.07, 6.45) is 0.989. The standard InChI is InChI=1S/C15H20N2O4/c1-3-7-12(15(20)21)17-13(18)10(2)16-14(19)11-8-5-4-6-9-11/h4-6,8-10,12H,3,7H2,1-2H3,(H,16,19)(H,17,18)(H,20,21)/t10?,12-/m0/s1. The second kappa shape index (κ2) is 8.04. The smallest absolute Gasteiger partial charge is 0.326 e. The maximum Gasteiger partial charge on any atom is 0.326 e. The van der Waals surface area contributed by atoms with Crippen LogP contribution in [0.5, 0.6) is 0 Å². The van der Waals surface area contributed by atoms with Crippen LogP contribution in [0.1, 0.15) is 37.0 Å². The van der Waals surface area contributed by atoms with Crippen molar-refractivity contribution in [2.75, 3.05) is 0 Å². The Morgan fingerprint density at radius 3 is 2.29 bits per heavy atom. The number of carbonyl (C=O) groups excluding carboxylic acids is 2. The molecule has 0 spiro atoms. The molecule has 0 bridgehead atoms. The van der Waals surface area contributed by atoms with Crippen LogP contribution in [-0.4, -0.2) is 35.0 Å². The van der Waals surface area contributed by atoms with Crippen molar-refractivity contribution < 1.29 is 19.5 Å². The lowest BCUT2D eigenvalue weighted by atomic mass is 10.1. The van der Waals surface area contributed by atoms with Crippen molar-refractivity contribution in [3.05, 3.63) is 35.9 Å². The van der Waals surface area contributed by atoms with Crippen LogP contribution in [0, 0.1) is 0 Å². The van der Waals surface area contributed by atoms with Crippen molar-refractivity contribution in [2.24, 2.45) is 0 Å². The van der Waals surface area contributed by atoms with Gasteiger partial charge in [-0.2, -0.15) is 0 Å². The largest absolute Gasteiger partial charge is 0.480 e. The minimum absolute atomic E-state index is 0.348. The first-order valence-corrected chi connectivity index (χ1v) is 6.84. The highest BCUT2D eigenvalue weighted by molar-refractivity contribution is 5.97. The van der Waals surface area contributed by atoms with Crippen LogP contribution in [0.3, 0.4) is 0 Å². The molecule has 114 valence electrons. The van der Waals surface area contributed by atoms with Crippen LogP contribution < -0.4 is 10.6 Å². The molecule has 0 aromatic heterocycles. The monoisotopic (exact) mass is 292 g/mol. The zero-order valence-electron chi connectivity index (χ0n) is 12.1. The Morgan fingerprint density at radius 1 is 1.14 bits per heavy atom. The molecule has 2 atom stereocenters. The van der Waals surface area contributed by atoms with E-state index in [4.69, 9.17) is 5.11 Å². The molecule has 6 heteroatoms. The molecule has 0 heterocycles. The molecule has 0 aliphatic rings. The van der Waals surface area contributed by atoms with Crippen LogP contribution in [-0.2, 0) is 9.59 Å². The van der Waals surface area contributed by atoms with Crippen LogP contribution in [0.15, 0.2) is 30.3 Å². The minimum Gasteiger partial charge on any atom is -0.480 e. The van der Waals surface area contributed by atoms with E-state index in [9.17, 15) is 14.4 Å². The number of rotatable bonds is 7. The van der Waals surface area contributed by atoms with Gasteiger partial charge in [0.1, 0.15) is 12.1 Å². The fourth-order valence-corrected chi connectivity index (χ4v) is 1.78. The molecule has 0 fully saturated rings. The van der Waals surface area contributed by atoms with Gasteiger partial charge in [-0.05, 0) is 25.5 Å². The molecule has 1 aromatic rings. The molecule has 1 unspecified atom stereocenters. The molecule has 6 nitrogen and oxygen atoms in total.